The Balaban J connectivity index is 1.71. The Bertz CT molecular complexity index is 238. The summed E-state index contributed by atoms with van der Waals surface area (Å²) >= 11 is 0. The predicted octanol–water partition coefficient (Wildman–Crippen LogP) is 0.279. The molecule has 0 aliphatic carbocycles. The van der Waals surface area contributed by atoms with Crippen LogP contribution in [0, 0.1) is 5.92 Å². The van der Waals surface area contributed by atoms with Crippen LogP contribution in [0.15, 0.2) is 0 Å². The molecule has 0 radical (unpaired) electrons. The fourth-order valence-corrected chi connectivity index (χ4v) is 2.67. The van der Waals surface area contributed by atoms with Crippen LogP contribution in [0.2, 0.25) is 0 Å². The van der Waals surface area contributed by atoms with E-state index in [1.807, 2.05) is 4.90 Å². The molecule has 2 aliphatic rings. The van der Waals surface area contributed by atoms with E-state index in [1.54, 1.807) is 0 Å². The van der Waals surface area contributed by atoms with Gasteiger partial charge in [-0.1, -0.05) is 6.42 Å². The summed E-state index contributed by atoms with van der Waals surface area (Å²) in [6.07, 6.45) is 4.67. The van der Waals surface area contributed by atoms with Crippen molar-refractivity contribution in [2.45, 2.75) is 25.7 Å². The van der Waals surface area contributed by atoms with Crippen LogP contribution in [-0.2, 0) is 4.79 Å². The molecule has 4 heteroatoms. The van der Waals surface area contributed by atoms with E-state index < -0.39 is 0 Å². The lowest BCUT2D eigenvalue weighted by molar-refractivity contribution is -0.127. The Morgan fingerprint density at radius 3 is 2.56 bits per heavy atom. The van der Waals surface area contributed by atoms with Gasteiger partial charge in [0.25, 0.3) is 0 Å². The molecular formula is C12H23N3O. The molecule has 1 unspecified atom stereocenters. The smallest absolute Gasteiger partial charge is 0.223 e. The van der Waals surface area contributed by atoms with Gasteiger partial charge in [0, 0.05) is 26.1 Å². The number of rotatable bonds is 4. The van der Waals surface area contributed by atoms with E-state index in [9.17, 15) is 4.79 Å². The summed E-state index contributed by atoms with van der Waals surface area (Å²) in [7, 11) is 0. The van der Waals surface area contributed by atoms with Crippen LogP contribution in [0.1, 0.15) is 25.7 Å². The van der Waals surface area contributed by atoms with Crippen molar-refractivity contribution in [2.24, 2.45) is 11.7 Å². The summed E-state index contributed by atoms with van der Waals surface area (Å²) in [4.78, 5) is 16.1. The first-order valence-electron chi connectivity index (χ1n) is 6.50. The first kappa shape index (κ1) is 11.9. The van der Waals surface area contributed by atoms with E-state index in [0.717, 1.165) is 19.6 Å². The molecule has 0 aromatic carbocycles. The highest BCUT2D eigenvalue weighted by Crippen LogP contribution is 2.16. The first-order valence-corrected chi connectivity index (χ1v) is 6.50. The van der Waals surface area contributed by atoms with Gasteiger partial charge >= 0.3 is 0 Å². The molecule has 2 N–H and O–H groups in total. The van der Waals surface area contributed by atoms with Crippen molar-refractivity contribution >= 4 is 5.91 Å². The number of carbonyl (C=O) groups excluding carboxylic acids is 1. The van der Waals surface area contributed by atoms with E-state index in [4.69, 9.17) is 5.73 Å². The maximum atomic E-state index is 11.7. The molecule has 0 aromatic rings. The lowest BCUT2D eigenvalue weighted by Gasteiger charge is -2.28. The lowest BCUT2D eigenvalue weighted by atomic mass is 10.1. The van der Waals surface area contributed by atoms with Gasteiger partial charge in [-0.2, -0.15) is 0 Å². The summed E-state index contributed by atoms with van der Waals surface area (Å²) < 4.78 is 0. The minimum absolute atomic E-state index is 0.299. The van der Waals surface area contributed by atoms with Gasteiger partial charge in [-0.05, 0) is 38.4 Å². The minimum Gasteiger partial charge on any atom is -0.341 e. The molecule has 4 nitrogen and oxygen atoms in total. The van der Waals surface area contributed by atoms with Gasteiger partial charge in [-0.3, -0.25) is 4.79 Å². The van der Waals surface area contributed by atoms with Gasteiger partial charge in [0.1, 0.15) is 0 Å². The molecule has 2 fully saturated rings. The van der Waals surface area contributed by atoms with Gasteiger partial charge in [-0.25, -0.2) is 0 Å². The summed E-state index contributed by atoms with van der Waals surface area (Å²) in [5.74, 6) is 0.696. The van der Waals surface area contributed by atoms with Gasteiger partial charge < -0.3 is 15.5 Å². The zero-order chi connectivity index (χ0) is 11.4. The van der Waals surface area contributed by atoms with E-state index in [-0.39, 0.29) is 0 Å². The Hall–Kier alpha value is -0.610. The number of hydrogen-bond acceptors (Lipinski definition) is 3. The molecular weight excluding hydrogens is 202 g/mol. The number of nitrogens with zero attached hydrogens (tertiary/aromatic N) is 2. The third kappa shape index (κ3) is 2.95. The topological polar surface area (TPSA) is 49.6 Å². The predicted molar refractivity (Wildman–Crippen MR) is 64.0 cm³/mol. The van der Waals surface area contributed by atoms with Crippen LogP contribution in [0.4, 0.5) is 0 Å². The van der Waals surface area contributed by atoms with Gasteiger partial charge in [0.05, 0.1) is 0 Å². The maximum Gasteiger partial charge on any atom is 0.223 e. The van der Waals surface area contributed by atoms with Gasteiger partial charge in [-0.15, -0.1) is 0 Å². The second-order valence-electron chi connectivity index (χ2n) is 5.05. The van der Waals surface area contributed by atoms with Crippen molar-refractivity contribution in [1.29, 1.82) is 0 Å². The van der Waals surface area contributed by atoms with Crippen LogP contribution >= 0.6 is 0 Å². The SMILES string of the molecule is NCC1CC(=O)N(CCN2CCCCC2)C1. The quantitative estimate of drug-likeness (QED) is 0.747. The fraction of sp³-hybridized carbons (Fsp3) is 0.917. The summed E-state index contributed by atoms with van der Waals surface area (Å²) in [5.41, 5.74) is 5.61. The highest BCUT2D eigenvalue weighted by atomic mass is 16.2. The van der Waals surface area contributed by atoms with E-state index in [2.05, 4.69) is 4.90 Å². The monoisotopic (exact) mass is 225 g/mol. The Morgan fingerprint density at radius 1 is 1.19 bits per heavy atom. The maximum absolute atomic E-state index is 11.7. The lowest BCUT2D eigenvalue weighted by Crippen LogP contribution is -2.38. The summed E-state index contributed by atoms with van der Waals surface area (Å²) in [5, 5.41) is 0. The number of carbonyl (C=O) groups is 1. The zero-order valence-electron chi connectivity index (χ0n) is 10.0. The third-order valence-corrected chi connectivity index (χ3v) is 3.76. The van der Waals surface area contributed by atoms with Crippen molar-refractivity contribution in [3.63, 3.8) is 0 Å². The van der Waals surface area contributed by atoms with Crippen LogP contribution < -0.4 is 5.73 Å². The van der Waals surface area contributed by atoms with Gasteiger partial charge in [0.2, 0.25) is 5.91 Å². The van der Waals surface area contributed by atoms with Crippen molar-refractivity contribution in [3.8, 4) is 0 Å². The third-order valence-electron chi connectivity index (χ3n) is 3.76. The number of hydrogen-bond donors (Lipinski definition) is 1. The molecule has 1 atom stereocenters. The van der Waals surface area contributed by atoms with Gasteiger partial charge in [0.15, 0.2) is 0 Å². The molecule has 0 bridgehead atoms. The number of amides is 1. The molecule has 0 spiro atoms. The average molecular weight is 225 g/mol. The Morgan fingerprint density at radius 2 is 1.94 bits per heavy atom. The highest BCUT2D eigenvalue weighted by Gasteiger charge is 2.28. The van der Waals surface area contributed by atoms with Crippen molar-refractivity contribution < 1.29 is 4.79 Å². The van der Waals surface area contributed by atoms with Crippen LogP contribution in [0.5, 0.6) is 0 Å². The van der Waals surface area contributed by atoms with E-state index in [1.165, 1.54) is 32.4 Å². The molecule has 1 amide bonds. The van der Waals surface area contributed by atoms with Crippen molar-refractivity contribution in [1.82, 2.24) is 9.80 Å². The van der Waals surface area contributed by atoms with E-state index in [0.29, 0.717) is 24.8 Å². The number of piperidine rings is 1. The first-order chi connectivity index (χ1) is 7.79. The number of likely N-dealkylation sites (tertiary alicyclic amines) is 2. The normalized spacial score (nSPS) is 27.7. The molecule has 2 aliphatic heterocycles. The molecule has 2 rings (SSSR count). The minimum atomic E-state index is 0.299. The molecule has 2 saturated heterocycles. The van der Waals surface area contributed by atoms with Crippen molar-refractivity contribution in [3.05, 3.63) is 0 Å². The van der Waals surface area contributed by atoms with E-state index >= 15 is 0 Å². The van der Waals surface area contributed by atoms with Crippen LogP contribution in [-0.4, -0.2) is 55.0 Å². The summed E-state index contributed by atoms with van der Waals surface area (Å²) in [6.45, 7) is 5.89. The molecule has 92 valence electrons. The molecule has 0 aromatic heterocycles. The Labute approximate surface area is 97.8 Å². The largest absolute Gasteiger partial charge is 0.341 e. The molecule has 2 heterocycles. The van der Waals surface area contributed by atoms with Crippen molar-refractivity contribution in [2.75, 3.05) is 39.3 Å². The second kappa shape index (κ2) is 5.64. The Kier molecular flexibility index (Phi) is 4.18. The zero-order valence-corrected chi connectivity index (χ0v) is 10.0. The van der Waals surface area contributed by atoms with Crippen LogP contribution in [0.3, 0.4) is 0 Å². The average Bonchev–Trinajstić information content (AvgIpc) is 2.69. The highest BCUT2D eigenvalue weighted by molar-refractivity contribution is 5.78. The molecule has 0 saturated carbocycles. The fourth-order valence-electron chi connectivity index (χ4n) is 2.67. The molecule has 16 heavy (non-hydrogen) atoms. The second-order valence-corrected chi connectivity index (χ2v) is 5.05. The number of nitrogens with two attached hydrogens (primary N) is 1. The van der Waals surface area contributed by atoms with Crippen LogP contribution in [0.25, 0.3) is 0 Å². The standard InChI is InChI=1S/C12H23N3O/c13-9-11-8-12(16)15(10-11)7-6-14-4-2-1-3-5-14/h11H,1-10,13H2. The summed E-state index contributed by atoms with van der Waals surface area (Å²) in [6, 6.07) is 0.